The van der Waals surface area contributed by atoms with Gasteiger partial charge < -0.3 is 10.5 Å². The van der Waals surface area contributed by atoms with Crippen molar-refractivity contribution in [1.82, 2.24) is 0 Å². The first-order chi connectivity index (χ1) is 9.61. The zero-order valence-corrected chi connectivity index (χ0v) is 12.0. The molecule has 0 unspecified atom stereocenters. The van der Waals surface area contributed by atoms with Crippen LogP contribution >= 0.6 is 12.2 Å². The van der Waals surface area contributed by atoms with Crippen LogP contribution in [0.3, 0.4) is 0 Å². The van der Waals surface area contributed by atoms with Gasteiger partial charge in [-0.15, -0.1) is 0 Å². The van der Waals surface area contributed by atoms with Crippen molar-refractivity contribution in [2.24, 2.45) is 5.73 Å². The fourth-order valence-electron chi connectivity index (χ4n) is 1.86. The monoisotopic (exact) mass is 289 g/mol. The molecule has 2 aromatic carbocycles. The van der Waals surface area contributed by atoms with Gasteiger partial charge in [0.05, 0.1) is 0 Å². The molecule has 4 heteroatoms. The summed E-state index contributed by atoms with van der Waals surface area (Å²) >= 11 is 4.81. The number of hydrogen-bond acceptors (Lipinski definition) is 2. The molecule has 0 aliphatic rings. The summed E-state index contributed by atoms with van der Waals surface area (Å²) in [4.78, 5) is 0.0525. The van der Waals surface area contributed by atoms with Crippen LogP contribution < -0.4 is 10.5 Å². The van der Waals surface area contributed by atoms with E-state index in [1.807, 2.05) is 24.3 Å². The molecule has 0 saturated carbocycles. The Bertz CT molecular complexity index is 610. The number of benzene rings is 2. The Labute approximate surface area is 123 Å². The Morgan fingerprint density at radius 3 is 2.50 bits per heavy atom. The molecular weight excluding hydrogens is 273 g/mol. The zero-order valence-electron chi connectivity index (χ0n) is 11.2. The van der Waals surface area contributed by atoms with Crippen LogP contribution in [0.5, 0.6) is 5.75 Å². The van der Waals surface area contributed by atoms with Gasteiger partial charge in [-0.05, 0) is 30.2 Å². The largest absolute Gasteiger partial charge is 0.489 e. The van der Waals surface area contributed by atoms with Crippen LogP contribution in [0.25, 0.3) is 0 Å². The molecule has 2 rings (SSSR count). The van der Waals surface area contributed by atoms with Crippen LogP contribution in [-0.4, -0.2) is 4.99 Å². The van der Waals surface area contributed by atoms with Crippen molar-refractivity contribution in [2.75, 3.05) is 0 Å². The maximum absolute atomic E-state index is 14.1. The Kier molecular flexibility index (Phi) is 4.69. The van der Waals surface area contributed by atoms with E-state index >= 15 is 0 Å². The summed E-state index contributed by atoms with van der Waals surface area (Å²) in [5, 5.41) is 0. The predicted octanol–water partition coefficient (Wildman–Crippen LogP) is 3.60. The molecule has 104 valence electrons. The Hall–Kier alpha value is -1.94. The predicted molar refractivity (Wildman–Crippen MR) is 82.4 cm³/mol. The molecule has 2 N–H and O–H groups in total. The average molecular weight is 289 g/mol. The summed E-state index contributed by atoms with van der Waals surface area (Å²) < 4.78 is 19.7. The fourth-order valence-corrected chi connectivity index (χ4v) is 2.02. The third kappa shape index (κ3) is 3.33. The highest BCUT2D eigenvalue weighted by Gasteiger charge is 2.10. The number of rotatable bonds is 5. The molecule has 0 atom stereocenters. The van der Waals surface area contributed by atoms with E-state index in [0.29, 0.717) is 11.3 Å². The second-order valence-corrected chi connectivity index (χ2v) is 4.87. The van der Waals surface area contributed by atoms with E-state index in [-0.39, 0.29) is 17.2 Å². The lowest BCUT2D eigenvalue weighted by atomic mass is 10.1. The first kappa shape index (κ1) is 14.5. The first-order valence-corrected chi connectivity index (χ1v) is 6.81. The van der Waals surface area contributed by atoms with Gasteiger partial charge in [-0.1, -0.05) is 43.4 Å². The molecule has 0 heterocycles. The summed E-state index contributed by atoms with van der Waals surface area (Å²) in [6.07, 6.45) is 0.977. The SMILES string of the molecule is CCc1ccc(OCc2cccc(C(N)=S)c2F)cc1. The van der Waals surface area contributed by atoms with Gasteiger partial charge in [0.1, 0.15) is 23.2 Å². The Morgan fingerprint density at radius 2 is 1.90 bits per heavy atom. The van der Waals surface area contributed by atoms with Crippen molar-refractivity contribution in [2.45, 2.75) is 20.0 Å². The molecule has 0 fully saturated rings. The van der Waals surface area contributed by atoms with Crippen LogP contribution in [-0.2, 0) is 13.0 Å². The molecule has 2 aromatic rings. The van der Waals surface area contributed by atoms with Gasteiger partial charge in [0.15, 0.2) is 0 Å². The third-order valence-electron chi connectivity index (χ3n) is 3.07. The third-order valence-corrected chi connectivity index (χ3v) is 3.29. The van der Waals surface area contributed by atoms with Gasteiger partial charge in [-0.2, -0.15) is 0 Å². The van der Waals surface area contributed by atoms with Crippen LogP contribution in [0.2, 0.25) is 0 Å². The molecule has 0 saturated heterocycles. The maximum Gasteiger partial charge on any atom is 0.139 e. The lowest BCUT2D eigenvalue weighted by molar-refractivity contribution is 0.299. The van der Waals surface area contributed by atoms with E-state index in [1.165, 1.54) is 5.56 Å². The molecule has 2 nitrogen and oxygen atoms in total. The fraction of sp³-hybridized carbons (Fsp3) is 0.188. The van der Waals surface area contributed by atoms with Crippen LogP contribution in [0.1, 0.15) is 23.6 Å². The molecule has 0 spiro atoms. The van der Waals surface area contributed by atoms with E-state index in [0.717, 1.165) is 6.42 Å². The normalized spacial score (nSPS) is 10.3. The minimum absolute atomic E-state index is 0.0525. The number of hydrogen-bond donors (Lipinski definition) is 1. The zero-order chi connectivity index (χ0) is 14.5. The maximum atomic E-state index is 14.1. The topological polar surface area (TPSA) is 35.2 Å². The summed E-state index contributed by atoms with van der Waals surface area (Å²) in [5.74, 6) is 0.299. The lowest BCUT2D eigenvalue weighted by Crippen LogP contribution is -2.13. The molecule has 0 amide bonds. The first-order valence-electron chi connectivity index (χ1n) is 6.40. The standard InChI is InChI=1S/C16H16FNOS/c1-2-11-6-8-13(9-7-11)19-10-12-4-3-5-14(15(12)17)16(18)20/h3-9H,2,10H2,1H3,(H2,18,20). The van der Waals surface area contributed by atoms with E-state index in [1.54, 1.807) is 18.2 Å². The van der Waals surface area contributed by atoms with Crippen molar-refractivity contribution in [3.63, 3.8) is 0 Å². The van der Waals surface area contributed by atoms with Crippen LogP contribution in [0, 0.1) is 5.82 Å². The smallest absolute Gasteiger partial charge is 0.139 e. The van der Waals surface area contributed by atoms with Gasteiger partial charge >= 0.3 is 0 Å². The van der Waals surface area contributed by atoms with Gasteiger partial charge in [0.25, 0.3) is 0 Å². The second-order valence-electron chi connectivity index (χ2n) is 4.43. The summed E-state index contributed by atoms with van der Waals surface area (Å²) in [7, 11) is 0. The Balaban J connectivity index is 2.10. The Morgan fingerprint density at radius 1 is 1.20 bits per heavy atom. The van der Waals surface area contributed by atoms with Gasteiger partial charge in [0.2, 0.25) is 0 Å². The van der Waals surface area contributed by atoms with Crippen molar-refractivity contribution >= 4 is 17.2 Å². The highest BCUT2D eigenvalue weighted by atomic mass is 32.1. The van der Waals surface area contributed by atoms with E-state index in [2.05, 4.69) is 6.92 Å². The summed E-state index contributed by atoms with van der Waals surface area (Å²) in [6, 6.07) is 12.7. The number of ether oxygens (including phenoxy) is 1. The molecule has 0 aromatic heterocycles. The lowest BCUT2D eigenvalue weighted by Gasteiger charge is -2.09. The van der Waals surface area contributed by atoms with E-state index < -0.39 is 5.82 Å². The molecule has 20 heavy (non-hydrogen) atoms. The highest BCUT2D eigenvalue weighted by Crippen LogP contribution is 2.17. The van der Waals surface area contributed by atoms with E-state index in [9.17, 15) is 4.39 Å². The molecule has 0 aliphatic heterocycles. The number of aryl methyl sites for hydroxylation is 1. The van der Waals surface area contributed by atoms with Crippen LogP contribution in [0.4, 0.5) is 4.39 Å². The quantitative estimate of drug-likeness (QED) is 0.854. The van der Waals surface area contributed by atoms with Gasteiger partial charge in [-0.25, -0.2) is 4.39 Å². The van der Waals surface area contributed by atoms with Gasteiger partial charge in [0, 0.05) is 11.1 Å². The molecular formula is C16H16FNOS. The average Bonchev–Trinajstić information content (AvgIpc) is 2.46. The van der Waals surface area contributed by atoms with Crippen molar-refractivity contribution in [1.29, 1.82) is 0 Å². The van der Waals surface area contributed by atoms with Crippen molar-refractivity contribution < 1.29 is 9.13 Å². The highest BCUT2D eigenvalue weighted by molar-refractivity contribution is 7.80. The van der Waals surface area contributed by atoms with Gasteiger partial charge in [-0.3, -0.25) is 0 Å². The van der Waals surface area contributed by atoms with Crippen molar-refractivity contribution in [3.8, 4) is 5.75 Å². The number of nitrogens with two attached hydrogens (primary N) is 1. The molecule has 0 radical (unpaired) electrons. The summed E-state index contributed by atoms with van der Waals surface area (Å²) in [5.41, 5.74) is 7.40. The van der Waals surface area contributed by atoms with E-state index in [4.69, 9.17) is 22.7 Å². The minimum Gasteiger partial charge on any atom is -0.489 e. The van der Waals surface area contributed by atoms with Crippen LogP contribution in [0.15, 0.2) is 42.5 Å². The second kappa shape index (κ2) is 6.48. The molecule has 0 aliphatic carbocycles. The summed E-state index contributed by atoms with van der Waals surface area (Å²) in [6.45, 7) is 2.24. The minimum atomic E-state index is -0.412. The number of halogens is 1. The molecule has 0 bridgehead atoms. The number of thiocarbonyl (C=S) groups is 1. The van der Waals surface area contributed by atoms with Crippen molar-refractivity contribution in [3.05, 3.63) is 65.0 Å².